The molecule has 1 aliphatic heterocycles. The van der Waals surface area contributed by atoms with E-state index >= 15 is 0 Å². The van der Waals surface area contributed by atoms with Crippen LogP contribution in [-0.4, -0.2) is 36.0 Å². The van der Waals surface area contributed by atoms with Crippen LogP contribution in [0.5, 0.6) is 0 Å². The van der Waals surface area contributed by atoms with E-state index in [0.717, 1.165) is 5.56 Å². The van der Waals surface area contributed by atoms with Crippen molar-refractivity contribution in [1.82, 2.24) is 5.32 Å². The van der Waals surface area contributed by atoms with Crippen molar-refractivity contribution in [3.05, 3.63) is 29.8 Å². The van der Waals surface area contributed by atoms with Gasteiger partial charge in [0.15, 0.2) is 0 Å². The van der Waals surface area contributed by atoms with Gasteiger partial charge in [0.25, 0.3) is 0 Å². The Morgan fingerprint density at radius 2 is 2.10 bits per heavy atom. The van der Waals surface area contributed by atoms with Gasteiger partial charge in [0.1, 0.15) is 0 Å². The summed E-state index contributed by atoms with van der Waals surface area (Å²) in [5.74, 6) is -2.67. The monoisotopic (exact) mass is 276 g/mol. The molecule has 1 aliphatic rings. The zero-order valence-electron chi connectivity index (χ0n) is 11.1. The zero-order valence-corrected chi connectivity index (χ0v) is 11.1. The van der Waals surface area contributed by atoms with Crippen molar-refractivity contribution in [1.29, 1.82) is 0 Å². The van der Waals surface area contributed by atoms with Gasteiger partial charge >= 0.3 is 17.8 Å². The molecule has 1 saturated heterocycles. The third-order valence-corrected chi connectivity index (χ3v) is 3.29. The summed E-state index contributed by atoms with van der Waals surface area (Å²) in [6.07, 6.45) is 0.316. The number of hydrogen-bond acceptors (Lipinski definition) is 3. The Bertz CT molecular complexity index is 556. The normalized spacial score (nSPS) is 16.8. The van der Waals surface area contributed by atoms with E-state index in [-0.39, 0.29) is 0 Å². The number of carbonyl (C=O) groups is 3. The molecule has 1 unspecified atom stereocenters. The van der Waals surface area contributed by atoms with Gasteiger partial charge in [0.05, 0.1) is 5.92 Å². The van der Waals surface area contributed by atoms with Crippen molar-refractivity contribution in [2.45, 2.75) is 13.3 Å². The first kappa shape index (κ1) is 14.0. The lowest BCUT2D eigenvalue weighted by Crippen LogP contribution is -2.52. The van der Waals surface area contributed by atoms with Gasteiger partial charge in [0, 0.05) is 18.8 Å². The van der Waals surface area contributed by atoms with Crippen LogP contribution in [0.3, 0.4) is 0 Å². The highest BCUT2D eigenvalue weighted by atomic mass is 16.4. The number of carboxylic acids is 1. The smallest absolute Gasteiger partial charge is 0.316 e. The molecule has 0 aromatic heterocycles. The number of para-hydroxylation sites is 1. The molecule has 2 rings (SSSR count). The van der Waals surface area contributed by atoms with Crippen LogP contribution in [0, 0.1) is 5.92 Å². The molecule has 6 nitrogen and oxygen atoms in total. The molecule has 0 saturated carbocycles. The van der Waals surface area contributed by atoms with Crippen LogP contribution in [-0.2, 0) is 20.8 Å². The molecular weight excluding hydrogens is 260 g/mol. The van der Waals surface area contributed by atoms with Gasteiger partial charge in [-0.25, -0.2) is 0 Å². The van der Waals surface area contributed by atoms with E-state index in [1.807, 2.05) is 0 Å². The number of nitrogens with one attached hydrogen (secondary N) is 1. The number of benzene rings is 1. The predicted molar refractivity (Wildman–Crippen MR) is 72.3 cm³/mol. The summed E-state index contributed by atoms with van der Waals surface area (Å²) in [5.41, 5.74) is 1.37. The summed E-state index contributed by atoms with van der Waals surface area (Å²) in [5, 5.41) is 11.5. The standard InChI is InChI=1S/C14H16N2O4/c1-9(14(19)20)8-10-4-2-3-5-11(10)16-7-6-15-12(17)13(16)18/h2-5,9H,6-8H2,1H3,(H,15,17)(H,19,20). The van der Waals surface area contributed by atoms with Crippen LogP contribution in [0.25, 0.3) is 0 Å². The maximum absolute atomic E-state index is 11.9. The topological polar surface area (TPSA) is 86.7 Å². The van der Waals surface area contributed by atoms with Gasteiger partial charge in [-0.15, -0.1) is 0 Å². The van der Waals surface area contributed by atoms with Gasteiger partial charge in [-0.05, 0) is 18.1 Å². The number of nitrogens with zero attached hydrogens (tertiary/aromatic N) is 1. The fourth-order valence-corrected chi connectivity index (χ4v) is 2.17. The summed E-state index contributed by atoms with van der Waals surface area (Å²) in [7, 11) is 0. The predicted octanol–water partition coefficient (Wildman–Crippen LogP) is 0.413. The molecule has 20 heavy (non-hydrogen) atoms. The van der Waals surface area contributed by atoms with Crippen molar-refractivity contribution in [3.63, 3.8) is 0 Å². The van der Waals surface area contributed by atoms with E-state index in [2.05, 4.69) is 5.32 Å². The van der Waals surface area contributed by atoms with Gasteiger partial charge in [-0.3, -0.25) is 14.4 Å². The molecule has 0 spiro atoms. The van der Waals surface area contributed by atoms with Gasteiger partial charge < -0.3 is 15.3 Å². The van der Waals surface area contributed by atoms with Crippen molar-refractivity contribution >= 4 is 23.5 Å². The van der Waals surface area contributed by atoms with Gasteiger partial charge in [0.2, 0.25) is 0 Å². The molecule has 2 N–H and O–H groups in total. The molecule has 1 heterocycles. The molecule has 2 amide bonds. The van der Waals surface area contributed by atoms with Crippen LogP contribution in [0.15, 0.2) is 24.3 Å². The highest BCUT2D eigenvalue weighted by Gasteiger charge is 2.29. The molecule has 0 aliphatic carbocycles. The largest absolute Gasteiger partial charge is 0.481 e. The Balaban J connectivity index is 2.29. The highest BCUT2D eigenvalue weighted by Crippen LogP contribution is 2.24. The van der Waals surface area contributed by atoms with E-state index in [0.29, 0.717) is 25.2 Å². The second-order valence-electron chi connectivity index (χ2n) is 4.78. The van der Waals surface area contributed by atoms with Crippen molar-refractivity contribution < 1.29 is 19.5 Å². The summed E-state index contributed by atoms with van der Waals surface area (Å²) in [6, 6.07) is 7.08. The average Bonchev–Trinajstić information content (AvgIpc) is 2.42. The third-order valence-electron chi connectivity index (χ3n) is 3.29. The zero-order chi connectivity index (χ0) is 14.7. The molecule has 1 aromatic carbocycles. The van der Waals surface area contributed by atoms with E-state index in [1.165, 1.54) is 4.90 Å². The second-order valence-corrected chi connectivity index (χ2v) is 4.78. The molecule has 1 aromatic rings. The number of carboxylic acid groups (broad SMARTS) is 1. The molecule has 0 bridgehead atoms. The maximum Gasteiger partial charge on any atom is 0.316 e. The van der Waals surface area contributed by atoms with Crippen molar-refractivity contribution in [2.75, 3.05) is 18.0 Å². The summed E-state index contributed by atoms with van der Waals surface area (Å²) in [4.78, 5) is 35.7. The maximum atomic E-state index is 11.9. The van der Waals surface area contributed by atoms with Crippen molar-refractivity contribution in [2.24, 2.45) is 5.92 Å². The lowest BCUT2D eigenvalue weighted by atomic mass is 9.99. The first-order chi connectivity index (χ1) is 9.50. The average molecular weight is 276 g/mol. The number of anilines is 1. The molecular formula is C14H16N2O4. The number of rotatable bonds is 4. The van der Waals surface area contributed by atoms with Gasteiger partial charge in [-0.2, -0.15) is 0 Å². The quantitative estimate of drug-likeness (QED) is 0.780. The summed E-state index contributed by atoms with van der Waals surface area (Å²) in [6.45, 7) is 2.40. The summed E-state index contributed by atoms with van der Waals surface area (Å²) >= 11 is 0. The number of amides is 2. The second kappa shape index (κ2) is 5.73. The van der Waals surface area contributed by atoms with E-state index in [1.54, 1.807) is 31.2 Å². The van der Waals surface area contributed by atoms with Crippen LogP contribution in [0.4, 0.5) is 5.69 Å². The van der Waals surface area contributed by atoms with E-state index in [9.17, 15) is 14.4 Å². The van der Waals surface area contributed by atoms with Crippen LogP contribution >= 0.6 is 0 Å². The fourth-order valence-electron chi connectivity index (χ4n) is 2.17. The van der Waals surface area contributed by atoms with E-state index < -0.39 is 23.7 Å². The Kier molecular flexibility index (Phi) is 4.02. The lowest BCUT2D eigenvalue weighted by molar-refractivity contribution is -0.141. The fraction of sp³-hybridized carbons (Fsp3) is 0.357. The van der Waals surface area contributed by atoms with Crippen LogP contribution < -0.4 is 10.2 Å². The Morgan fingerprint density at radius 1 is 1.40 bits per heavy atom. The Morgan fingerprint density at radius 3 is 2.80 bits per heavy atom. The third kappa shape index (κ3) is 2.79. The van der Waals surface area contributed by atoms with Crippen LogP contribution in [0.1, 0.15) is 12.5 Å². The van der Waals surface area contributed by atoms with Crippen LogP contribution in [0.2, 0.25) is 0 Å². The Labute approximate surface area is 116 Å². The summed E-state index contributed by atoms with van der Waals surface area (Å²) < 4.78 is 0. The SMILES string of the molecule is CC(Cc1ccccc1N1CCNC(=O)C1=O)C(=O)O. The minimum atomic E-state index is -0.887. The molecule has 1 fully saturated rings. The number of hydrogen-bond donors (Lipinski definition) is 2. The number of aliphatic carboxylic acids is 1. The minimum absolute atomic E-state index is 0.316. The molecule has 1 atom stereocenters. The Hall–Kier alpha value is -2.37. The molecule has 0 radical (unpaired) electrons. The number of carbonyl (C=O) groups excluding carboxylic acids is 2. The first-order valence-corrected chi connectivity index (χ1v) is 6.41. The van der Waals surface area contributed by atoms with E-state index in [4.69, 9.17) is 5.11 Å². The molecule has 6 heteroatoms. The molecule has 106 valence electrons. The van der Waals surface area contributed by atoms with Gasteiger partial charge in [-0.1, -0.05) is 25.1 Å². The number of piperazine rings is 1. The highest BCUT2D eigenvalue weighted by molar-refractivity contribution is 6.41. The minimum Gasteiger partial charge on any atom is -0.481 e. The van der Waals surface area contributed by atoms with Crippen molar-refractivity contribution in [3.8, 4) is 0 Å². The first-order valence-electron chi connectivity index (χ1n) is 6.41. The lowest BCUT2D eigenvalue weighted by Gasteiger charge is -2.28.